The quantitative estimate of drug-likeness (QED) is 0.323. The van der Waals surface area contributed by atoms with Gasteiger partial charge >= 0.3 is 13.2 Å². The molecule has 3 N–H and O–H groups in total. The monoisotopic (exact) mass is 463 g/mol. The third-order valence-corrected chi connectivity index (χ3v) is 4.93. The van der Waals surface area contributed by atoms with Crippen LogP contribution in [-0.4, -0.2) is 65.1 Å². The SMILES string of the molecule is CC(C)(C)/C=C(\C#N)C(=O)N1CC(F)(F)CC1COC(=O)N[C@@H](Cc1ccccc1)B(O)O. The van der Waals surface area contributed by atoms with Gasteiger partial charge in [-0.3, -0.25) is 4.79 Å². The number of nitrogens with zero attached hydrogens (tertiary/aromatic N) is 2. The molecule has 1 fully saturated rings. The highest BCUT2D eigenvalue weighted by Gasteiger charge is 2.48. The van der Waals surface area contributed by atoms with Crippen LogP contribution < -0.4 is 5.32 Å². The van der Waals surface area contributed by atoms with Gasteiger partial charge in [0.25, 0.3) is 11.8 Å². The lowest BCUT2D eigenvalue weighted by Crippen LogP contribution is -2.49. The fourth-order valence-corrected chi connectivity index (χ4v) is 3.48. The number of alkyl halides is 2. The van der Waals surface area contributed by atoms with E-state index in [1.807, 2.05) is 0 Å². The van der Waals surface area contributed by atoms with Crippen LogP contribution in [0, 0.1) is 16.7 Å². The van der Waals surface area contributed by atoms with Gasteiger partial charge in [0, 0.05) is 6.42 Å². The predicted molar refractivity (Wildman–Crippen MR) is 117 cm³/mol. The molecule has 1 heterocycles. The third kappa shape index (κ3) is 8.15. The Labute approximate surface area is 192 Å². The van der Waals surface area contributed by atoms with Crippen LogP contribution in [0.5, 0.6) is 0 Å². The zero-order valence-electron chi connectivity index (χ0n) is 18.8. The van der Waals surface area contributed by atoms with E-state index in [0.717, 1.165) is 10.5 Å². The molecule has 0 spiro atoms. The highest BCUT2D eigenvalue weighted by atomic mass is 19.3. The fourth-order valence-electron chi connectivity index (χ4n) is 3.48. The van der Waals surface area contributed by atoms with Crippen LogP contribution in [0.1, 0.15) is 32.8 Å². The standard InChI is InChI=1S/C22H28BF2N3O5/c1-21(2,3)10-16(12-26)19(29)28-14-22(24,25)11-17(28)13-33-20(30)27-18(23(31)32)9-15-7-5-4-6-8-15/h4-8,10,17-18,31-32H,9,11,13-14H2,1-3H3,(H,27,30)/b16-10+/t17?,18-/m0/s1. The molecule has 1 saturated heterocycles. The summed E-state index contributed by atoms with van der Waals surface area (Å²) in [6.07, 6.45) is -0.260. The van der Waals surface area contributed by atoms with Crippen molar-refractivity contribution in [1.29, 1.82) is 5.26 Å². The Morgan fingerprint density at radius 3 is 2.55 bits per heavy atom. The van der Waals surface area contributed by atoms with Gasteiger partial charge in [-0.15, -0.1) is 0 Å². The number of halogens is 2. The molecule has 11 heteroatoms. The number of alkyl carbamates (subject to hydrolysis) is 1. The number of rotatable bonds is 7. The smallest absolute Gasteiger partial charge is 0.447 e. The molecule has 1 aliphatic heterocycles. The van der Waals surface area contributed by atoms with Crippen LogP contribution in [0.2, 0.25) is 0 Å². The minimum atomic E-state index is -3.19. The van der Waals surface area contributed by atoms with E-state index in [0.29, 0.717) is 0 Å². The third-order valence-electron chi connectivity index (χ3n) is 4.93. The van der Waals surface area contributed by atoms with Crippen molar-refractivity contribution < 1.29 is 33.2 Å². The second-order valence-electron chi connectivity index (χ2n) is 9.14. The average Bonchev–Trinajstić information content (AvgIpc) is 3.04. The number of hydrogen-bond acceptors (Lipinski definition) is 6. The molecule has 2 atom stereocenters. The molecule has 2 rings (SSSR count). The number of ether oxygens (including phenoxy) is 1. The van der Waals surface area contributed by atoms with Crippen molar-refractivity contribution in [3.05, 3.63) is 47.5 Å². The summed E-state index contributed by atoms with van der Waals surface area (Å²) >= 11 is 0. The lowest BCUT2D eigenvalue weighted by molar-refractivity contribution is -0.129. The van der Waals surface area contributed by atoms with Crippen LogP contribution in [0.25, 0.3) is 0 Å². The van der Waals surface area contributed by atoms with Crippen molar-refractivity contribution in [1.82, 2.24) is 10.2 Å². The molecule has 0 aliphatic carbocycles. The van der Waals surface area contributed by atoms with E-state index in [9.17, 15) is 33.7 Å². The van der Waals surface area contributed by atoms with Gasteiger partial charge in [-0.25, -0.2) is 13.6 Å². The minimum absolute atomic E-state index is 0.100. The largest absolute Gasteiger partial charge is 0.475 e. The number of amides is 2. The Bertz CT molecular complexity index is 913. The lowest BCUT2D eigenvalue weighted by atomic mass is 9.76. The maximum atomic E-state index is 14.1. The van der Waals surface area contributed by atoms with Crippen LogP contribution in [0.4, 0.5) is 13.6 Å². The maximum absolute atomic E-state index is 14.1. The second kappa shape index (κ2) is 10.8. The molecule has 1 aromatic rings. The number of likely N-dealkylation sites (tertiary alicyclic amines) is 1. The summed E-state index contributed by atoms with van der Waals surface area (Å²) in [7, 11) is -1.88. The van der Waals surface area contributed by atoms with Crippen LogP contribution in [0.3, 0.4) is 0 Å². The molecule has 178 valence electrons. The number of allylic oxidation sites excluding steroid dienone is 1. The van der Waals surface area contributed by atoms with Crippen molar-refractivity contribution in [2.24, 2.45) is 5.41 Å². The summed E-state index contributed by atoms with van der Waals surface area (Å²) in [6, 6.07) is 9.40. The molecular weight excluding hydrogens is 435 g/mol. The molecule has 0 aromatic heterocycles. The number of hydrogen-bond donors (Lipinski definition) is 3. The summed E-state index contributed by atoms with van der Waals surface area (Å²) < 4.78 is 33.2. The van der Waals surface area contributed by atoms with Gasteiger partial charge in [0.15, 0.2) is 0 Å². The number of carbonyl (C=O) groups excluding carboxylic acids is 2. The molecule has 1 unspecified atom stereocenters. The van der Waals surface area contributed by atoms with Crippen LogP contribution in [0.15, 0.2) is 42.0 Å². The number of carbonyl (C=O) groups is 2. The van der Waals surface area contributed by atoms with E-state index in [-0.39, 0.29) is 12.0 Å². The highest BCUT2D eigenvalue weighted by molar-refractivity contribution is 6.43. The maximum Gasteiger partial charge on any atom is 0.475 e. The lowest BCUT2D eigenvalue weighted by Gasteiger charge is -2.25. The van der Waals surface area contributed by atoms with Gasteiger partial charge in [0.05, 0.1) is 18.5 Å². The minimum Gasteiger partial charge on any atom is -0.447 e. The summed E-state index contributed by atoms with van der Waals surface area (Å²) in [5.74, 6) is -5.14. The topological polar surface area (TPSA) is 123 Å². The average molecular weight is 463 g/mol. The van der Waals surface area contributed by atoms with Gasteiger partial charge in [-0.1, -0.05) is 57.2 Å². The van der Waals surface area contributed by atoms with Gasteiger partial charge in [0.2, 0.25) is 0 Å². The molecule has 8 nitrogen and oxygen atoms in total. The normalized spacial score (nSPS) is 18.9. The van der Waals surface area contributed by atoms with Crippen molar-refractivity contribution in [3.63, 3.8) is 0 Å². The van der Waals surface area contributed by atoms with E-state index < -0.39 is 62.0 Å². The van der Waals surface area contributed by atoms with Crippen LogP contribution in [-0.2, 0) is 16.0 Å². The first-order valence-electron chi connectivity index (χ1n) is 10.5. The first-order chi connectivity index (χ1) is 15.3. The Hall–Kier alpha value is -2.97. The first-order valence-corrected chi connectivity index (χ1v) is 10.5. The van der Waals surface area contributed by atoms with Crippen LogP contribution >= 0.6 is 0 Å². The van der Waals surface area contributed by atoms with Gasteiger partial charge in [-0.05, 0) is 17.4 Å². The van der Waals surface area contributed by atoms with E-state index in [1.54, 1.807) is 57.2 Å². The Morgan fingerprint density at radius 2 is 2.00 bits per heavy atom. The van der Waals surface area contributed by atoms with Crippen molar-refractivity contribution in [2.45, 2.75) is 51.5 Å². The van der Waals surface area contributed by atoms with Gasteiger partial charge in [0.1, 0.15) is 18.2 Å². The molecular formula is C22H28BF2N3O5. The fraction of sp³-hybridized carbons (Fsp3) is 0.500. The van der Waals surface area contributed by atoms with Crippen molar-refractivity contribution in [3.8, 4) is 6.07 Å². The second-order valence-corrected chi connectivity index (χ2v) is 9.14. The summed E-state index contributed by atoms with van der Waals surface area (Å²) in [5.41, 5.74) is -0.0490. The summed E-state index contributed by atoms with van der Waals surface area (Å²) in [6.45, 7) is 3.87. The van der Waals surface area contributed by atoms with E-state index in [1.165, 1.54) is 6.08 Å². The molecule has 0 radical (unpaired) electrons. The highest BCUT2D eigenvalue weighted by Crippen LogP contribution is 2.33. The van der Waals surface area contributed by atoms with Gasteiger partial charge in [-0.2, -0.15) is 5.26 Å². The summed E-state index contributed by atoms with van der Waals surface area (Å²) in [4.78, 5) is 25.8. The number of nitriles is 1. The van der Waals surface area contributed by atoms with Crippen molar-refractivity contribution in [2.75, 3.05) is 13.2 Å². The van der Waals surface area contributed by atoms with Gasteiger partial charge < -0.3 is 25.0 Å². The summed E-state index contributed by atoms with van der Waals surface area (Å²) in [5, 5.41) is 30.8. The zero-order valence-corrected chi connectivity index (χ0v) is 18.8. The molecule has 0 bridgehead atoms. The Morgan fingerprint density at radius 1 is 1.36 bits per heavy atom. The van der Waals surface area contributed by atoms with E-state index >= 15 is 0 Å². The Kier molecular flexibility index (Phi) is 8.58. The van der Waals surface area contributed by atoms with E-state index in [4.69, 9.17) is 4.74 Å². The molecule has 1 aromatic carbocycles. The predicted octanol–water partition coefficient (Wildman–Crippen LogP) is 2.07. The van der Waals surface area contributed by atoms with Crippen molar-refractivity contribution >= 4 is 19.1 Å². The first kappa shape index (κ1) is 26.3. The zero-order chi connectivity index (χ0) is 24.8. The molecule has 33 heavy (non-hydrogen) atoms. The van der Waals surface area contributed by atoms with E-state index in [2.05, 4.69) is 5.32 Å². The number of benzene rings is 1. The molecule has 2 amide bonds. The number of nitrogens with one attached hydrogen (secondary N) is 1. The molecule has 0 saturated carbocycles. The Balaban J connectivity index is 2.05. The molecule has 1 aliphatic rings.